The Hall–Kier alpha value is -1.55. The SMILES string of the molecule is O=C([O-])CC(CCc1ccccc1)OC1OC(CO)C(O)C(O)C1O. The van der Waals surface area contributed by atoms with Gasteiger partial charge in [-0.05, 0) is 18.4 Å². The maximum absolute atomic E-state index is 11.0. The van der Waals surface area contributed by atoms with Crippen molar-refractivity contribution in [3.05, 3.63) is 35.9 Å². The molecule has 0 aliphatic carbocycles. The van der Waals surface area contributed by atoms with E-state index in [1.54, 1.807) is 0 Å². The van der Waals surface area contributed by atoms with Crippen LogP contribution in [-0.2, 0) is 20.7 Å². The molecule has 6 atom stereocenters. The van der Waals surface area contributed by atoms with Gasteiger partial charge in [-0.25, -0.2) is 0 Å². The van der Waals surface area contributed by atoms with Crippen molar-refractivity contribution in [2.75, 3.05) is 6.61 Å². The van der Waals surface area contributed by atoms with Crippen molar-refractivity contribution in [2.24, 2.45) is 0 Å². The first-order valence-corrected chi connectivity index (χ1v) is 8.12. The summed E-state index contributed by atoms with van der Waals surface area (Å²) in [6, 6.07) is 9.38. The van der Waals surface area contributed by atoms with Crippen LogP contribution in [0, 0.1) is 0 Å². The lowest BCUT2D eigenvalue weighted by Gasteiger charge is -2.41. The zero-order chi connectivity index (χ0) is 18.4. The fraction of sp³-hybridized carbons (Fsp3) is 0.588. The molecule has 1 aliphatic heterocycles. The van der Waals surface area contributed by atoms with Crippen molar-refractivity contribution in [3.8, 4) is 0 Å². The normalized spacial score (nSPS) is 30.8. The first-order valence-electron chi connectivity index (χ1n) is 8.12. The Kier molecular flexibility index (Phi) is 7.30. The summed E-state index contributed by atoms with van der Waals surface area (Å²) >= 11 is 0. The summed E-state index contributed by atoms with van der Waals surface area (Å²) in [6.45, 7) is -0.583. The van der Waals surface area contributed by atoms with E-state index in [1.807, 2.05) is 30.3 Å². The van der Waals surface area contributed by atoms with Gasteiger partial charge in [0.25, 0.3) is 0 Å². The molecule has 0 saturated carbocycles. The quantitative estimate of drug-likeness (QED) is 0.418. The van der Waals surface area contributed by atoms with Crippen molar-refractivity contribution < 1.29 is 39.8 Å². The molecule has 8 heteroatoms. The van der Waals surface area contributed by atoms with E-state index in [0.717, 1.165) is 5.56 Å². The minimum atomic E-state index is -1.58. The van der Waals surface area contributed by atoms with E-state index in [9.17, 15) is 30.3 Å². The van der Waals surface area contributed by atoms with Gasteiger partial charge in [-0.1, -0.05) is 30.3 Å². The van der Waals surface area contributed by atoms with Crippen LogP contribution < -0.4 is 5.11 Å². The Morgan fingerprint density at radius 2 is 1.84 bits per heavy atom. The van der Waals surface area contributed by atoms with Gasteiger partial charge in [0.2, 0.25) is 0 Å². The minimum Gasteiger partial charge on any atom is -0.550 e. The van der Waals surface area contributed by atoms with E-state index in [1.165, 1.54) is 0 Å². The van der Waals surface area contributed by atoms with Crippen molar-refractivity contribution >= 4 is 5.97 Å². The summed E-state index contributed by atoms with van der Waals surface area (Å²) < 4.78 is 10.8. The molecule has 1 heterocycles. The van der Waals surface area contributed by atoms with Crippen molar-refractivity contribution in [1.29, 1.82) is 0 Å². The summed E-state index contributed by atoms with van der Waals surface area (Å²) in [5, 5.41) is 49.6. The fourth-order valence-corrected chi connectivity index (χ4v) is 2.75. The molecular weight excluding hydrogens is 332 g/mol. The van der Waals surface area contributed by atoms with Gasteiger partial charge < -0.3 is 39.8 Å². The highest BCUT2D eigenvalue weighted by molar-refractivity contribution is 5.64. The topological polar surface area (TPSA) is 140 Å². The lowest BCUT2D eigenvalue weighted by molar-refractivity contribution is -0.323. The van der Waals surface area contributed by atoms with E-state index in [-0.39, 0.29) is 0 Å². The fourth-order valence-electron chi connectivity index (χ4n) is 2.75. The van der Waals surface area contributed by atoms with Crippen LogP contribution in [0.25, 0.3) is 0 Å². The molecule has 1 aromatic rings. The van der Waals surface area contributed by atoms with E-state index in [2.05, 4.69) is 0 Å². The van der Waals surface area contributed by atoms with Crippen LogP contribution in [0.5, 0.6) is 0 Å². The molecule has 0 amide bonds. The van der Waals surface area contributed by atoms with Crippen LogP contribution in [-0.4, -0.2) is 69.8 Å². The van der Waals surface area contributed by atoms with Crippen molar-refractivity contribution in [3.63, 3.8) is 0 Å². The molecule has 0 bridgehead atoms. The van der Waals surface area contributed by atoms with Gasteiger partial charge in [0.05, 0.1) is 12.7 Å². The summed E-state index contributed by atoms with van der Waals surface area (Å²) in [6.07, 6.45) is -7.50. The Morgan fingerprint density at radius 1 is 1.16 bits per heavy atom. The maximum atomic E-state index is 11.0. The molecule has 1 aliphatic rings. The first kappa shape index (κ1) is 19.8. The van der Waals surface area contributed by atoms with Crippen molar-refractivity contribution in [2.45, 2.75) is 56.1 Å². The number of aliphatic hydroxyl groups is 4. The van der Waals surface area contributed by atoms with Gasteiger partial charge in [-0.15, -0.1) is 0 Å². The third-order valence-corrected chi connectivity index (χ3v) is 4.17. The Morgan fingerprint density at radius 3 is 2.44 bits per heavy atom. The first-order chi connectivity index (χ1) is 11.9. The molecule has 1 saturated heterocycles. The minimum absolute atomic E-state index is 0.326. The van der Waals surface area contributed by atoms with Gasteiger partial charge in [-0.2, -0.15) is 0 Å². The average molecular weight is 355 g/mol. The highest BCUT2D eigenvalue weighted by Crippen LogP contribution is 2.24. The number of ether oxygens (including phenoxy) is 2. The third-order valence-electron chi connectivity index (χ3n) is 4.17. The Balaban J connectivity index is 2.01. The van der Waals surface area contributed by atoms with Gasteiger partial charge in [0, 0.05) is 12.4 Å². The number of aliphatic carboxylic acids is 1. The van der Waals surface area contributed by atoms with Crippen LogP contribution in [0.1, 0.15) is 18.4 Å². The molecule has 2 rings (SSSR count). The van der Waals surface area contributed by atoms with Crippen molar-refractivity contribution in [1.82, 2.24) is 0 Å². The summed E-state index contributed by atoms with van der Waals surface area (Å²) in [7, 11) is 0. The molecule has 0 aromatic heterocycles. The zero-order valence-corrected chi connectivity index (χ0v) is 13.6. The van der Waals surface area contributed by atoms with Crippen LogP contribution in [0.4, 0.5) is 0 Å². The number of aryl methyl sites for hydroxylation is 1. The Labute approximate surface area is 145 Å². The van der Waals surface area contributed by atoms with Crippen LogP contribution in [0.3, 0.4) is 0 Å². The maximum Gasteiger partial charge on any atom is 0.186 e. The number of carbonyl (C=O) groups excluding carboxylic acids is 1. The molecule has 0 radical (unpaired) electrons. The standard InChI is InChI=1S/C17H24O8/c18-9-12-14(21)15(22)16(23)17(25-12)24-11(8-13(19)20)7-6-10-4-2-1-3-5-10/h1-5,11-12,14-18,21-23H,6-9H2,(H,19,20)/p-1. The van der Waals surface area contributed by atoms with Crippen LogP contribution in [0.2, 0.25) is 0 Å². The highest BCUT2D eigenvalue weighted by Gasteiger charge is 2.44. The molecule has 0 spiro atoms. The third kappa shape index (κ3) is 5.46. The second kappa shape index (κ2) is 9.23. The van der Waals surface area contributed by atoms with E-state index < -0.39 is 55.8 Å². The second-order valence-electron chi connectivity index (χ2n) is 6.06. The lowest BCUT2D eigenvalue weighted by Crippen LogP contribution is -2.59. The van der Waals surface area contributed by atoms with Gasteiger partial charge in [0.15, 0.2) is 6.29 Å². The second-order valence-corrected chi connectivity index (χ2v) is 6.06. The van der Waals surface area contributed by atoms with E-state index >= 15 is 0 Å². The van der Waals surface area contributed by atoms with E-state index in [4.69, 9.17) is 9.47 Å². The molecule has 1 fully saturated rings. The molecule has 6 unspecified atom stereocenters. The summed E-state index contributed by atoms with van der Waals surface area (Å²) in [5.74, 6) is -1.32. The monoisotopic (exact) mass is 355 g/mol. The summed E-state index contributed by atoms with van der Waals surface area (Å²) in [4.78, 5) is 11.0. The number of hydrogen-bond acceptors (Lipinski definition) is 8. The largest absolute Gasteiger partial charge is 0.550 e. The number of carboxylic acid groups (broad SMARTS) is 1. The Bertz CT molecular complexity index is 535. The molecule has 1 aromatic carbocycles. The van der Waals surface area contributed by atoms with Crippen LogP contribution in [0.15, 0.2) is 30.3 Å². The zero-order valence-electron chi connectivity index (χ0n) is 13.6. The number of rotatable bonds is 8. The lowest BCUT2D eigenvalue weighted by atomic mass is 9.99. The smallest absolute Gasteiger partial charge is 0.186 e. The van der Waals surface area contributed by atoms with Gasteiger partial charge >= 0.3 is 0 Å². The van der Waals surface area contributed by atoms with E-state index in [0.29, 0.717) is 12.8 Å². The predicted molar refractivity (Wildman–Crippen MR) is 83.0 cm³/mol. The molecule has 140 valence electrons. The number of hydrogen-bond donors (Lipinski definition) is 4. The van der Waals surface area contributed by atoms with Crippen LogP contribution >= 0.6 is 0 Å². The predicted octanol–water partition coefficient (Wildman–Crippen LogP) is -2.06. The average Bonchev–Trinajstić information content (AvgIpc) is 2.60. The molecule has 4 N–H and O–H groups in total. The number of carboxylic acids is 1. The number of benzene rings is 1. The highest BCUT2D eigenvalue weighted by atomic mass is 16.7. The number of carbonyl (C=O) groups is 1. The molecular formula is C17H23O8-. The van der Waals surface area contributed by atoms with Gasteiger partial charge in [0.1, 0.15) is 24.4 Å². The summed E-state index contributed by atoms with van der Waals surface area (Å²) in [5.41, 5.74) is 0.989. The van der Waals surface area contributed by atoms with Gasteiger partial charge in [-0.3, -0.25) is 0 Å². The number of aliphatic hydroxyl groups excluding tert-OH is 4. The molecule has 8 nitrogen and oxygen atoms in total. The molecule has 25 heavy (non-hydrogen) atoms.